The summed E-state index contributed by atoms with van der Waals surface area (Å²) in [5, 5.41) is 7.68. The second-order valence-corrected chi connectivity index (χ2v) is 8.95. The van der Waals surface area contributed by atoms with Crippen LogP contribution in [0.1, 0.15) is 38.6 Å². The molecule has 4 aromatic rings. The molecule has 0 saturated heterocycles. The molecule has 0 bridgehead atoms. The van der Waals surface area contributed by atoms with Crippen LogP contribution in [0.25, 0.3) is 0 Å². The van der Waals surface area contributed by atoms with Gasteiger partial charge in [0.05, 0.1) is 12.2 Å². The Kier molecular flexibility index (Phi) is 7.13. The molecule has 1 amide bonds. The SMILES string of the molecule is O=C(NCc1ccccn1)c1nn(CCc2ccccc2)c2c1CN(Cc1ccc(F)c(F)c1)CC2. The van der Waals surface area contributed by atoms with E-state index in [-0.39, 0.29) is 5.91 Å². The molecule has 0 aliphatic carbocycles. The lowest BCUT2D eigenvalue weighted by atomic mass is 10.0. The van der Waals surface area contributed by atoms with Gasteiger partial charge in [0.25, 0.3) is 5.91 Å². The first-order valence-corrected chi connectivity index (χ1v) is 12.0. The van der Waals surface area contributed by atoms with Gasteiger partial charge in [0.2, 0.25) is 0 Å². The maximum atomic E-state index is 13.7. The van der Waals surface area contributed by atoms with Crippen molar-refractivity contribution in [2.24, 2.45) is 0 Å². The summed E-state index contributed by atoms with van der Waals surface area (Å²) >= 11 is 0. The van der Waals surface area contributed by atoms with E-state index in [0.29, 0.717) is 43.9 Å². The van der Waals surface area contributed by atoms with Crippen LogP contribution in [-0.4, -0.2) is 32.1 Å². The fourth-order valence-corrected chi connectivity index (χ4v) is 4.58. The van der Waals surface area contributed by atoms with E-state index in [1.165, 1.54) is 11.6 Å². The summed E-state index contributed by atoms with van der Waals surface area (Å²) in [5.74, 6) is -1.95. The van der Waals surface area contributed by atoms with E-state index in [4.69, 9.17) is 5.10 Å². The number of pyridine rings is 1. The number of nitrogens with one attached hydrogen (secondary N) is 1. The molecule has 3 heterocycles. The van der Waals surface area contributed by atoms with E-state index in [9.17, 15) is 13.6 Å². The molecule has 184 valence electrons. The van der Waals surface area contributed by atoms with E-state index in [1.807, 2.05) is 41.1 Å². The first kappa shape index (κ1) is 23.8. The monoisotopic (exact) mass is 487 g/mol. The van der Waals surface area contributed by atoms with Gasteiger partial charge in [-0.25, -0.2) is 8.78 Å². The van der Waals surface area contributed by atoms with Crippen molar-refractivity contribution in [1.29, 1.82) is 0 Å². The van der Waals surface area contributed by atoms with Crippen LogP contribution in [0.15, 0.2) is 72.9 Å². The number of nitrogens with zero attached hydrogens (tertiary/aromatic N) is 4. The Morgan fingerprint density at radius 2 is 1.81 bits per heavy atom. The topological polar surface area (TPSA) is 63.1 Å². The number of halogens is 2. The molecule has 0 fully saturated rings. The highest BCUT2D eigenvalue weighted by molar-refractivity contribution is 5.94. The molecule has 0 spiro atoms. The number of amides is 1. The van der Waals surface area contributed by atoms with Crippen molar-refractivity contribution in [3.63, 3.8) is 0 Å². The van der Waals surface area contributed by atoms with Crippen molar-refractivity contribution in [3.8, 4) is 0 Å². The van der Waals surface area contributed by atoms with E-state index >= 15 is 0 Å². The third kappa shape index (κ3) is 5.49. The first-order chi connectivity index (χ1) is 17.6. The second kappa shape index (κ2) is 10.8. The van der Waals surface area contributed by atoms with Gasteiger partial charge in [-0.2, -0.15) is 5.10 Å². The summed E-state index contributed by atoms with van der Waals surface area (Å²) < 4.78 is 29.0. The number of carbonyl (C=O) groups is 1. The molecule has 6 nitrogen and oxygen atoms in total. The zero-order valence-corrected chi connectivity index (χ0v) is 19.8. The van der Waals surface area contributed by atoms with Crippen LogP contribution in [0.4, 0.5) is 8.78 Å². The highest BCUT2D eigenvalue weighted by Gasteiger charge is 2.28. The van der Waals surface area contributed by atoms with Gasteiger partial charge in [0.1, 0.15) is 0 Å². The molecule has 5 rings (SSSR count). The molecule has 1 N–H and O–H groups in total. The minimum atomic E-state index is -0.855. The van der Waals surface area contributed by atoms with E-state index in [1.54, 1.807) is 12.3 Å². The smallest absolute Gasteiger partial charge is 0.272 e. The Morgan fingerprint density at radius 3 is 2.58 bits per heavy atom. The molecule has 2 aromatic carbocycles. The lowest BCUT2D eigenvalue weighted by Gasteiger charge is -2.27. The van der Waals surface area contributed by atoms with E-state index in [0.717, 1.165) is 36.0 Å². The Balaban J connectivity index is 1.36. The van der Waals surface area contributed by atoms with E-state index in [2.05, 4.69) is 27.3 Å². The number of benzene rings is 2. The highest BCUT2D eigenvalue weighted by atomic mass is 19.2. The molecule has 0 radical (unpaired) electrons. The molecule has 1 aliphatic rings. The van der Waals surface area contributed by atoms with E-state index < -0.39 is 11.6 Å². The van der Waals surface area contributed by atoms with Crippen LogP contribution in [0.2, 0.25) is 0 Å². The summed E-state index contributed by atoms with van der Waals surface area (Å²) in [6.07, 6.45) is 3.22. The normalized spacial score (nSPS) is 13.4. The van der Waals surface area contributed by atoms with Gasteiger partial charge in [-0.3, -0.25) is 19.4 Å². The standard InChI is InChI=1S/C28H27F2N5O/c29-24-10-9-21(16-25(24)30)18-34-14-12-26-23(19-34)27(28(36)32-17-22-8-4-5-13-31-22)33-35(26)15-11-20-6-2-1-3-7-20/h1-10,13,16H,11-12,14-15,17-19H2,(H,32,36). The molecule has 1 aliphatic heterocycles. The summed E-state index contributed by atoms with van der Waals surface area (Å²) in [6, 6.07) is 19.7. The summed E-state index contributed by atoms with van der Waals surface area (Å²) in [5.41, 5.74) is 5.01. The van der Waals surface area contributed by atoms with Crippen molar-refractivity contribution >= 4 is 5.91 Å². The molecule has 0 unspecified atom stereocenters. The van der Waals surface area contributed by atoms with Gasteiger partial charge < -0.3 is 5.32 Å². The first-order valence-electron chi connectivity index (χ1n) is 12.0. The minimum absolute atomic E-state index is 0.245. The number of hydrogen-bond acceptors (Lipinski definition) is 4. The second-order valence-electron chi connectivity index (χ2n) is 8.95. The third-order valence-electron chi connectivity index (χ3n) is 6.43. The average molecular weight is 488 g/mol. The fourth-order valence-electron chi connectivity index (χ4n) is 4.58. The molecule has 2 aromatic heterocycles. The number of aromatic nitrogens is 3. The highest BCUT2D eigenvalue weighted by Crippen LogP contribution is 2.25. The van der Waals surface area contributed by atoms with Gasteiger partial charge in [0, 0.05) is 50.1 Å². The zero-order valence-electron chi connectivity index (χ0n) is 19.8. The number of carbonyl (C=O) groups excluding carboxylic acids is 1. The van der Waals surface area contributed by atoms with Gasteiger partial charge in [-0.15, -0.1) is 0 Å². The Labute approximate surface area is 208 Å². The van der Waals surface area contributed by atoms with Crippen molar-refractivity contribution in [3.05, 3.63) is 118 Å². The number of aryl methyl sites for hydroxylation is 2. The molecule has 8 heteroatoms. The third-order valence-corrected chi connectivity index (χ3v) is 6.43. The lowest BCUT2D eigenvalue weighted by molar-refractivity contribution is 0.0942. The van der Waals surface area contributed by atoms with Crippen molar-refractivity contribution in [2.75, 3.05) is 6.54 Å². The molecule has 36 heavy (non-hydrogen) atoms. The van der Waals surface area contributed by atoms with Crippen LogP contribution in [-0.2, 0) is 39.0 Å². The largest absolute Gasteiger partial charge is 0.345 e. The number of fused-ring (bicyclic) bond motifs is 1. The fraction of sp³-hybridized carbons (Fsp3) is 0.250. The average Bonchev–Trinajstić information content (AvgIpc) is 3.27. The van der Waals surface area contributed by atoms with Crippen LogP contribution >= 0.6 is 0 Å². The summed E-state index contributed by atoms with van der Waals surface area (Å²) in [4.78, 5) is 19.6. The van der Waals surface area contributed by atoms with Crippen LogP contribution in [0.3, 0.4) is 0 Å². The van der Waals surface area contributed by atoms with Crippen molar-refractivity contribution < 1.29 is 13.6 Å². The van der Waals surface area contributed by atoms with Crippen LogP contribution < -0.4 is 5.32 Å². The summed E-state index contributed by atoms with van der Waals surface area (Å²) in [7, 11) is 0. The lowest BCUT2D eigenvalue weighted by Crippen LogP contribution is -2.32. The number of rotatable bonds is 8. The minimum Gasteiger partial charge on any atom is -0.345 e. The number of hydrogen-bond donors (Lipinski definition) is 1. The van der Waals surface area contributed by atoms with Gasteiger partial charge in [-0.1, -0.05) is 42.5 Å². The molecular formula is C28H27F2N5O. The quantitative estimate of drug-likeness (QED) is 0.403. The van der Waals surface area contributed by atoms with Gasteiger partial charge in [-0.05, 0) is 41.8 Å². The molecule has 0 atom stereocenters. The predicted molar refractivity (Wildman–Crippen MR) is 132 cm³/mol. The van der Waals surface area contributed by atoms with Gasteiger partial charge in [0.15, 0.2) is 17.3 Å². The molecule has 0 saturated carbocycles. The van der Waals surface area contributed by atoms with Gasteiger partial charge >= 0.3 is 0 Å². The van der Waals surface area contributed by atoms with Crippen LogP contribution in [0.5, 0.6) is 0 Å². The van der Waals surface area contributed by atoms with Crippen LogP contribution in [0, 0.1) is 11.6 Å². The zero-order chi connectivity index (χ0) is 24.9. The Bertz CT molecular complexity index is 1340. The summed E-state index contributed by atoms with van der Waals surface area (Å²) in [6.45, 7) is 2.68. The maximum Gasteiger partial charge on any atom is 0.272 e. The van der Waals surface area contributed by atoms with Crippen molar-refractivity contribution in [1.82, 2.24) is 25.0 Å². The predicted octanol–water partition coefficient (Wildman–Crippen LogP) is 4.29. The Morgan fingerprint density at radius 1 is 0.972 bits per heavy atom. The van der Waals surface area contributed by atoms with Crippen molar-refractivity contribution in [2.45, 2.75) is 39.0 Å². The maximum absolute atomic E-state index is 13.7. The Hall–Kier alpha value is -3.91. The molecular weight excluding hydrogens is 460 g/mol.